The van der Waals surface area contributed by atoms with Gasteiger partial charge in [-0.05, 0) is 59.7 Å². The molecule has 1 fully saturated rings. The molecule has 4 aromatic rings. The third-order valence-electron chi connectivity index (χ3n) is 8.38. The highest BCUT2D eigenvalue weighted by molar-refractivity contribution is 6.00. The molecule has 1 aliphatic rings. The lowest BCUT2D eigenvalue weighted by atomic mass is 9.93. The summed E-state index contributed by atoms with van der Waals surface area (Å²) in [5, 5.41) is 2.89. The van der Waals surface area contributed by atoms with E-state index in [0.717, 1.165) is 54.7 Å². The van der Waals surface area contributed by atoms with E-state index in [1.807, 2.05) is 66.7 Å². The molecule has 2 amide bonds. The van der Waals surface area contributed by atoms with E-state index in [-0.39, 0.29) is 48.7 Å². The molecule has 3 N–H and O–H groups in total. The van der Waals surface area contributed by atoms with Gasteiger partial charge in [-0.1, -0.05) is 97.1 Å². The Bertz CT molecular complexity index is 1490. The summed E-state index contributed by atoms with van der Waals surface area (Å²) < 4.78 is 0. The van der Waals surface area contributed by atoms with Crippen LogP contribution in [-0.2, 0) is 17.8 Å². The minimum atomic E-state index is -0.138. The molecule has 5 rings (SSSR count). The van der Waals surface area contributed by atoms with Gasteiger partial charge in [-0.25, -0.2) is 0 Å². The first-order valence-corrected chi connectivity index (χ1v) is 15.3. The monoisotopic (exact) mass is 646 g/mol. The van der Waals surface area contributed by atoms with Gasteiger partial charge in [-0.3, -0.25) is 14.5 Å². The first-order valence-electron chi connectivity index (χ1n) is 15.3. The summed E-state index contributed by atoms with van der Waals surface area (Å²) in [6, 6.07) is 36.5. The van der Waals surface area contributed by atoms with Crippen molar-refractivity contribution in [1.82, 2.24) is 15.1 Å². The average Bonchev–Trinajstić information content (AvgIpc) is 3.05. The third-order valence-corrected chi connectivity index (χ3v) is 8.38. The Kier molecular flexibility index (Phi) is 14.1. The Labute approximate surface area is 279 Å². The van der Waals surface area contributed by atoms with Crippen molar-refractivity contribution < 1.29 is 9.59 Å². The van der Waals surface area contributed by atoms with E-state index in [4.69, 9.17) is 5.73 Å². The van der Waals surface area contributed by atoms with Crippen molar-refractivity contribution in [2.45, 2.75) is 44.8 Å². The number of nitrogens with one attached hydrogen (secondary N) is 1. The number of halogens is 2. The molecule has 0 radical (unpaired) electrons. The highest BCUT2D eigenvalue weighted by Crippen LogP contribution is 2.32. The van der Waals surface area contributed by atoms with Crippen LogP contribution >= 0.6 is 24.8 Å². The molecular formula is C37H44Cl2N4O2. The summed E-state index contributed by atoms with van der Waals surface area (Å²) >= 11 is 0. The lowest BCUT2D eigenvalue weighted by Gasteiger charge is -2.42. The SMILES string of the molecule is CC(c1cccc(-c2ccccc2C(=O)NCCN)c1)N(C(=O)Cc1ccccc1)C1CCN(Cc2ccccc2)CC1.Cl.Cl. The van der Waals surface area contributed by atoms with Crippen LogP contribution in [0.25, 0.3) is 11.1 Å². The number of hydrogen-bond acceptors (Lipinski definition) is 4. The fourth-order valence-electron chi connectivity index (χ4n) is 6.14. The molecule has 45 heavy (non-hydrogen) atoms. The molecule has 1 aliphatic heterocycles. The van der Waals surface area contributed by atoms with Gasteiger partial charge in [0.2, 0.25) is 5.91 Å². The molecule has 6 nitrogen and oxygen atoms in total. The highest BCUT2D eigenvalue weighted by Gasteiger charge is 2.32. The van der Waals surface area contributed by atoms with Gasteiger partial charge in [0.15, 0.2) is 0 Å². The number of carbonyl (C=O) groups is 2. The van der Waals surface area contributed by atoms with Crippen molar-refractivity contribution in [3.8, 4) is 11.1 Å². The molecule has 0 saturated carbocycles. The largest absolute Gasteiger partial charge is 0.351 e. The summed E-state index contributed by atoms with van der Waals surface area (Å²) in [6.45, 7) is 5.78. The van der Waals surface area contributed by atoms with Gasteiger partial charge in [-0.2, -0.15) is 0 Å². The molecule has 8 heteroatoms. The Balaban J connectivity index is 0.00000276. The Morgan fingerprint density at radius 3 is 2.13 bits per heavy atom. The molecule has 4 aromatic carbocycles. The Morgan fingerprint density at radius 1 is 0.844 bits per heavy atom. The molecular weight excluding hydrogens is 603 g/mol. The first-order chi connectivity index (χ1) is 21.0. The van der Waals surface area contributed by atoms with Gasteiger partial charge < -0.3 is 16.0 Å². The van der Waals surface area contributed by atoms with Gasteiger partial charge in [0.1, 0.15) is 0 Å². The smallest absolute Gasteiger partial charge is 0.251 e. The van der Waals surface area contributed by atoms with E-state index >= 15 is 0 Å². The summed E-state index contributed by atoms with van der Waals surface area (Å²) in [5.74, 6) is 0.00797. The molecule has 1 heterocycles. The van der Waals surface area contributed by atoms with E-state index in [2.05, 4.69) is 64.5 Å². The fraction of sp³-hybridized carbons (Fsp3) is 0.297. The van der Waals surface area contributed by atoms with Crippen LogP contribution in [0.1, 0.15) is 52.9 Å². The zero-order chi connectivity index (χ0) is 30.0. The molecule has 0 spiro atoms. The number of piperidine rings is 1. The second-order valence-corrected chi connectivity index (χ2v) is 11.3. The van der Waals surface area contributed by atoms with Gasteiger partial charge >= 0.3 is 0 Å². The number of nitrogens with zero attached hydrogens (tertiary/aromatic N) is 2. The number of carbonyl (C=O) groups excluding carboxylic acids is 2. The van der Waals surface area contributed by atoms with Crippen molar-refractivity contribution in [3.63, 3.8) is 0 Å². The van der Waals surface area contributed by atoms with Gasteiger partial charge in [0.05, 0.1) is 12.5 Å². The van der Waals surface area contributed by atoms with E-state index in [9.17, 15) is 9.59 Å². The average molecular weight is 648 g/mol. The highest BCUT2D eigenvalue weighted by atomic mass is 35.5. The molecule has 1 atom stereocenters. The van der Waals surface area contributed by atoms with Crippen LogP contribution in [0, 0.1) is 0 Å². The molecule has 238 valence electrons. The number of hydrogen-bond donors (Lipinski definition) is 2. The van der Waals surface area contributed by atoms with E-state index in [1.165, 1.54) is 5.56 Å². The normalized spacial score (nSPS) is 14.0. The second-order valence-electron chi connectivity index (χ2n) is 11.3. The van der Waals surface area contributed by atoms with Gasteiger partial charge in [0, 0.05) is 44.3 Å². The van der Waals surface area contributed by atoms with Crippen LogP contribution in [0.5, 0.6) is 0 Å². The summed E-state index contributed by atoms with van der Waals surface area (Å²) in [6.07, 6.45) is 2.24. The summed E-state index contributed by atoms with van der Waals surface area (Å²) in [5.41, 5.74) is 11.4. The predicted octanol–water partition coefficient (Wildman–Crippen LogP) is 6.68. The summed E-state index contributed by atoms with van der Waals surface area (Å²) in [4.78, 5) is 31.6. The number of benzene rings is 4. The van der Waals surface area contributed by atoms with E-state index < -0.39 is 0 Å². The lowest BCUT2D eigenvalue weighted by Crippen LogP contribution is -2.48. The van der Waals surface area contributed by atoms with Crippen LogP contribution in [0.3, 0.4) is 0 Å². The maximum atomic E-state index is 14.0. The minimum absolute atomic E-state index is 0. The first kappa shape index (κ1) is 35.8. The standard InChI is InChI=1S/C37H42N4O2.2ClH/c1-28(31-15-10-16-32(26-31)34-17-8-9-18-35(34)37(43)39-22-21-38)41(36(42)25-29-11-4-2-5-12-29)33-19-23-40(24-20-33)27-30-13-6-3-7-14-30;;/h2-18,26,28,33H,19-25,27,38H2,1H3,(H,39,43);2*1H. The van der Waals surface area contributed by atoms with E-state index in [1.54, 1.807) is 0 Å². The topological polar surface area (TPSA) is 78.7 Å². The van der Waals surface area contributed by atoms with Crippen LogP contribution in [0.2, 0.25) is 0 Å². The number of likely N-dealkylation sites (tertiary alicyclic amines) is 1. The summed E-state index contributed by atoms with van der Waals surface area (Å²) in [7, 11) is 0. The maximum absolute atomic E-state index is 14.0. The van der Waals surface area contributed by atoms with Crippen LogP contribution in [0.4, 0.5) is 0 Å². The minimum Gasteiger partial charge on any atom is -0.351 e. The van der Waals surface area contributed by atoms with Crippen molar-refractivity contribution in [2.75, 3.05) is 26.2 Å². The third kappa shape index (κ3) is 9.41. The van der Waals surface area contributed by atoms with Crippen LogP contribution < -0.4 is 11.1 Å². The van der Waals surface area contributed by atoms with Crippen LogP contribution in [0.15, 0.2) is 109 Å². The zero-order valence-electron chi connectivity index (χ0n) is 25.8. The maximum Gasteiger partial charge on any atom is 0.251 e. The van der Waals surface area contributed by atoms with Crippen molar-refractivity contribution in [2.24, 2.45) is 5.73 Å². The molecule has 1 saturated heterocycles. The van der Waals surface area contributed by atoms with Gasteiger partial charge in [-0.15, -0.1) is 24.8 Å². The Hall–Kier alpha value is -3.68. The van der Waals surface area contributed by atoms with Crippen molar-refractivity contribution in [1.29, 1.82) is 0 Å². The molecule has 0 aromatic heterocycles. The van der Waals surface area contributed by atoms with Gasteiger partial charge in [0.25, 0.3) is 5.91 Å². The fourth-order valence-corrected chi connectivity index (χ4v) is 6.14. The van der Waals surface area contributed by atoms with Crippen LogP contribution in [-0.4, -0.2) is 53.8 Å². The number of amides is 2. The lowest BCUT2D eigenvalue weighted by molar-refractivity contribution is -0.136. The van der Waals surface area contributed by atoms with E-state index in [0.29, 0.717) is 25.1 Å². The molecule has 0 bridgehead atoms. The van der Waals surface area contributed by atoms with Crippen molar-refractivity contribution >= 4 is 36.6 Å². The quantitative estimate of drug-likeness (QED) is 0.190. The second kappa shape index (κ2) is 17.7. The molecule has 1 unspecified atom stereocenters. The number of nitrogens with two attached hydrogens (primary N) is 1. The molecule has 0 aliphatic carbocycles. The van der Waals surface area contributed by atoms with Crippen molar-refractivity contribution in [3.05, 3.63) is 131 Å². The zero-order valence-corrected chi connectivity index (χ0v) is 27.4. The number of rotatable bonds is 11. The predicted molar refractivity (Wildman–Crippen MR) is 188 cm³/mol. The Morgan fingerprint density at radius 2 is 1.47 bits per heavy atom.